The molecule has 3 aliphatic rings. The summed E-state index contributed by atoms with van der Waals surface area (Å²) in [5.41, 5.74) is 9.63. The third kappa shape index (κ3) is 3.78. The zero-order valence-electron chi connectivity index (χ0n) is 17.9. The summed E-state index contributed by atoms with van der Waals surface area (Å²) in [7, 11) is 0. The van der Waals surface area contributed by atoms with E-state index in [-0.39, 0.29) is 23.6 Å². The Morgan fingerprint density at radius 3 is 2.62 bits per heavy atom. The van der Waals surface area contributed by atoms with E-state index in [9.17, 15) is 4.79 Å². The average Bonchev–Trinajstić information content (AvgIpc) is 3.24. The molecule has 8 heteroatoms. The molecule has 3 N–H and O–H groups in total. The van der Waals surface area contributed by atoms with Crippen molar-refractivity contribution in [3.8, 4) is 11.3 Å². The maximum absolute atomic E-state index is 12.4. The van der Waals surface area contributed by atoms with Crippen molar-refractivity contribution in [2.24, 2.45) is 15.8 Å². The van der Waals surface area contributed by atoms with Crippen LogP contribution < -0.4 is 11.1 Å². The quantitative estimate of drug-likeness (QED) is 0.772. The van der Waals surface area contributed by atoms with Crippen molar-refractivity contribution >= 4 is 17.9 Å². The Hall–Kier alpha value is -3.52. The number of fused-ring (bicyclic) bond motifs is 1. The second kappa shape index (κ2) is 8.55. The Morgan fingerprint density at radius 1 is 1.16 bits per heavy atom. The van der Waals surface area contributed by atoms with Gasteiger partial charge in [0.1, 0.15) is 17.5 Å². The van der Waals surface area contributed by atoms with E-state index in [0.29, 0.717) is 11.5 Å². The summed E-state index contributed by atoms with van der Waals surface area (Å²) >= 11 is 0. The maximum atomic E-state index is 12.4. The number of hydrazone groups is 1. The first-order chi connectivity index (χ1) is 15.6. The van der Waals surface area contributed by atoms with Gasteiger partial charge in [0, 0.05) is 18.0 Å². The number of pyridine rings is 1. The number of hydrogen-bond acceptors (Lipinski definition) is 8. The molecule has 2 aromatic rings. The van der Waals surface area contributed by atoms with Gasteiger partial charge in [0.05, 0.1) is 11.6 Å². The highest BCUT2D eigenvalue weighted by Gasteiger charge is 2.41. The van der Waals surface area contributed by atoms with E-state index in [1.54, 1.807) is 5.01 Å². The topological polar surface area (TPSA) is 105 Å². The minimum absolute atomic E-state index is 0.0105. The lowest BCUT2D eigenvalue weighted by Crippen LogP contribution is -2.42. The number of aromatic nitrogens is 1. The molecule has 2 atom stereocenters. The predicted molar refractivity (Wildman–Crippen MR) is 123 cm³/mol. The smallest absolute Gasteiger partial charge is 0.226 e. The van der Waals surface area contributed by atoms with E-state index in [2.05, 4.69) is 15.4 Å². The van der Waals surface area contributed by atoms with Crippen molar-refractivity contribution in [1.82, 2.24) is 15.3 Å². The van der Waals surface area contributed by atoms with Crippen LogP contribution in [0.15, 0.2) is 70.1 Å². The van der Waals surface area contributed by atoms with Crippen LogP contribution in [0.3, 0.4) is 0 Å². The van der Waals surface area contributed by atoms with Gasteiger partial charge in [-0.1, -0.05) is 36.4 Å². The van der Waals surface area contributed by atoms with Gasteiger partial charge >= 0.3 is 0 Å². The number of aliphatic imine (C=N–C) groups is 1. The third-order valence-electron chi connectivity index (χ3n) is 6.05. The summed E-state index contributed by atoms with van der Waals surface area (Å²) in [6.07, 6.45) is 5.00. The Morgan fingerprint density at radius 2 is 1.94 bits per heavy atom. The van der Waals surface area contributed by atoms with Crippen LogP contribution in [-0.2, 0) is 9.53 Å². The Balaban J connectivity index is 1.43. The SMILES string of the molecule is CC(=O)C1=C(N)N2N=CC(c3ccc(-c4ccccc4)nc3)C2N=C1OC1CCNCC1. The Labute approximate surface area is 186 Å². The zero-order valence-corrected chi connectivity index (χ0v) is 17.9. The third-order valence-corrected chi connectivity index (χ3v) is 6.05. The molecule has 0 bridgehead atoms. The van der Waals surface area contributed by atoms with Crippen molar-refractivity contribution < 1.29 is 9.53 Å². The fraction of sp³-hybridized carbons (Fsp3) is 0.333. The molecule has 0 saturated carbocycles. The molecule has 32 heavy (non-hydrogen) atoms. The molecular weight excluding hydrogens is 404 g/mol. The largest absolute Gasteiger partial charge is 0.474 e. The number of ketones is 1. The number of rotatable bonds is 4. The highest BCUT2D eigenvalue weighted by molar-refractivity contribution is 6.19. The average molecular weight is 431 g/mol. The number of carbonyl (C=O) groups excluding carboxylic acids is 1. The van der Waals surface area contributed by atoms with Gasteiger partial charge in [-0.25, -0.2) is 10.0 Å². The Kier molecular flexibility index (Phi) is 5.45. The molecule has 2 unspecified atom stereocenters. The summed E-state index contributed by atoms with van der Waals surface area (Å²) in [5, 5.41) is 9.39. The van der Waals surface area contributed by atoms with Gasteiger partial charge in [-0.15, -0.1) is 0 Å². The lowest BCUT2D eigenvalue weighted by Gasteiger charge is -2.33. The molecular formula is C24H26N6O2. The molecule has 1 saturated heterocycles. The molecule has 5 rings (SSSR count). The summed E-state index contributed by atoms with van der Waals surface area (Å²) in [4.78, 5) is 21.8. The molecule has 0 spiro atoms. The van der Waals surface area contributed by atoms with Crippen LogP contribution in [0.1, 0.15) is 31.2 Å². The van der Waals surface area contributed by atoms with Crippen LogP contribution >= 0.6 is 0 Å². The highest BCUT2D eigenvalue weighted by Crippen LogP contribution is 2.35. The van der Waals surface area contributed by atoms with Crippen LogP contribution in [-0.4, -0.2) is 53.2 Å². The van der Waals surface area contributed by atoms with Gasteiger partial charge in [0.15, 0.2) is 11.9 Å². The molecule has 0 radical (unpaired) electrons. The summed E-state index contributed by atoms with van der Waals surface area (Å²) in [6.45, 7) is 3.24. The highest BCUT2D eigenvalue weighted by atomic mass is 16.5. The number of nitrogens with one attached hydrogen (secondary N) is 1. The standard InChI is InChI=1S/C24H26N6O2/c1-15(31)21-22(25)30-23(29-24(21)32-18-9-11-26-12-10-18)19(14-28-30)17-7-8-20(27-13-17)16-5-3-2-4-6-16/h2-8,13-14,18-19,23,26H,9-12,25H2,1H3. The van der Waals surface area contributed by atoms with Crippen molar-refractivity contribution in [2.45, 2.75) is 38.0 Å². The molecule has 1 fully saturated rings. The van der Waals surface area contributed by atoms with Crippen LogP contribution in [0.2, 0.25) is 0 Å². The Bertz CT molecular complexity index is 1090. The lowest BCUT2D eigenvalue weighted by molar-refractivity contribution is -0.113. The molecule has 1 aromatic carbocycles. The number of carbonyl (C=O) groups is 1. The van der Waals surface area contributed by atoms with E-state index < -0.39 is 6.17 Å². The molecule has 164 valence electrons. The van der Waals surface area contributed by atoms with Crippen LogP contribution in [0.4, 0.5) is 0 Å². The lowest BCUT2D eigenvalue weighted by atomic mass is 9.97. The van der Waals surface area contributed by atoms with Crippen LogP contribution in [0.5, 0.6) is 0 Å². The molecule has 8 nitrogen and oxygen atoms in total. The molecule has 4 heterocycles. The van der Waals surface area contributed by atoms with Crippen molar-refractivity contribution in [3.05, 3.63) is 65.6 Å². The number of benzene rings is 1. The van der Waals surface area contributed by atoms with Gasteiger partial charge in [-0.3, -0.25) is 9.78 Å². The molecule has 0 amide bonds. The first kappa shape index (κ1) is 20.4. The van der Waals surface area contributed by atoms with Gasteiger partial charge in [0.25, 0.3) is 0 Å². The monoisotopic (exact) mass is 430 g/mol. The van der Waals surface area contributed by atoms with Crippen molar-refractivity contribution in [1.29, 1.82) is 0 Å². The number of piperidine rings is 1. The van der Waals surface area contributed by atoms with E-state index in [1.807, 2.05) is 54.9 Å². The minimum Gasteiger partial charge on any atom is -0.474 e. The first-order valence-corrected chi connectivity index (χ1v) is 10.9. The van der Waals surface area contributed by atoms with E-state index in [1.165, 1.54) is 6.92 Å². The number of Topliss-reactive ketones (excluding diaryl/α,β-unsaturated/α-hetero) is 1. The fourth-order valence-corrected chi connectivity index (χ4v) is 4.32. The number of ether oxygens (including phenoxy) is 1. The number of nitrogens with two attached hydrogens (primary N) is 1. The molecule has 3 aliphatic heterocycles. The summed E-state index contributed by atoms with van der Waals surface area (Å²) < 4.78 is 6.20. The van der Waals surface area contributed by atoms with E-state index in [0.717, 1.165) is 42.8 Å². The van der Waals surface area contributed by atoms with Crippen molar-refractivity contribution in [3.63, 3.8) is 0 Å². The van der Waals surface area contributed by atoms with Gasteiger partial charge < -0.3 is 15.8 Å². The second-order valence-corrected chi connectivity index (χ2v) is 8.21. The normalized spacial score (nSPS) is 23.2. The predicted octanol–water partition coefficient (Wildman–Crippen LogP) is 2.40. The summed E-state index contributed by atoms with van der Waals surface area (Å²) in [5.74, 6) is 0.286. The fourth-order valence-electron chi connectivity index (χ4n) is 4.32. The molecule has 0 aliphatic carbocycles. The number of hydrogen-bond donors (Lipinski definition) is 2. The zero-order chi connectivity index (χ0) is 22.1. The van der Waals surface area contributed by atoms with Crippen LogP contribution in [0.25, 0.3) is 11.3 Å². The maximum Gasteiger partial charge on any atom is 0.226 e. The second-order valence-electron chi connectivity index (χ2n) is 8.21. The van der Waals surface area contributed by atoms with E-state index in [4.69, 9.17) is 15.5 Å². The van der Waals surface area contributed by atoms with Gasteiger partial charge in [-0.05, 0) is 44.5 Å². The van der Waals surface area contributed by atoms with Gasteiger partial charge in [0.2, 0.25) is 5.90 Å². The number of nitrogens with zero attached hydrogens (tertiary/aromatic N) is 4. The van der Waals surface area contributed by atoms with Gasteiger partial charge in [-0.2, -0.15) is 5.10 Å². The summed E-state index contributed by atoms with van der Waals surface area (Å²) in [6, 6.07) is 14.1. The first-order valence-electron chi connectivity index (χ1n) is 10.9. The van der Waals surface area contributed by atoms with Crippen LogP contribution in [0, 0.1) is 0 Å². The van der Waals surface area contributed by atoms with E-state index >= 15 is 0 Å². The minimum atomic E-state index is -0.404. The molecule has 1 aromatic heterocycles. The van der Waals surface area contributed by atoms with Crippen molar-refractivity contribution in [2.75, 3.05) is 13.1 Å².